The maximum atomic E-state index is 12.6. The standard InChI is InChI=1S/C16H19F3N4O/c1-10(2)15-21-14(22-24-15)11-4-3-7-23(9-11)13-6-5-12(8-20-13)16(17,18)19/h5-6,8,10-11H,3-4,7,9H2,1-2H3/t11-/m1/s1. The number of halogens is 3. The predicted molar refractivity (Wildman–Crippen MR) is 81.8 cm³/mol. The highest BCUT2D eigenvalue weighted by Gasteiger charge is 2.31. The topological polar surface area (TPSA) is 55.1 Å². The molecule has 0 N–H and O–H groups in total. The molecule has 8 heteroatoms. The molecule has 1 atom stereocenters. The second kappa shape index (κ2) is 6.41. The first-order valence-corrected chi connectivity index (χ1v) is 7.96. The second-order valence-corrected chi connectivity index (χ2v) is 6.33. The molecule has 1 saturated heterocycles. The summed E-state index contributed by atoms with van der Waals surface area (Å²) in [7, 11) is 0. The first kappa shape index (κ1) is 16.7. The number of rotatable bonds is 3. The van der Waals surface area contributed by atoms with Crippen LogP contribution in [0.1, 0.15) is 55.8 Å². The smallest absolute Gasteiger partial charge is 0.356 e. The Balaban J connectivity index is 1.73. The van der Waals surface area contributed by atoms with Crippen LogP contribution in [-0.2, 0) is 6.18 Å². The molecule has 2 aromatic heterocycles. The zero-order valence-corrected chi connectivity index (χ0v) is 13.5. The van der Waals surface area contributed by atoms with Crippen LogP contribution in [0.2, 0.25) is 0 Å². The number of piperidine rings is 1. The minimum absolute atomic E-state index is 0.0964. The van der Waals surface area contributed by atoms with Crippen molar-refractivity contribution in [3.05, 3.63) is 35.6 Å². The van der Waals surface area contributed by atoms with E-state index in [4.69, 9.17) is 4.52 Å². The molecule has 0 radical (unpaired) electrons. The van der Waals surface area contributed by atoms with E-state index in [1.54, 1.807) is 0 Å². The van der Waals surface area contributed by atoms with E-state index in [1.165, 1.54) is 6.07 Å². The quantitative estimate of drug-likeness (QED) is 0.845. The van der Waals surface area contributed by atoms with Gasteiger partial charge in [0.2, 0.25) is 5.89 Å². The molecule has 0 unspecified atom stereocenters. The highest BCUT2D eigenvalue weighted by Crippen LogP contribution is 2.31. The number of anilines is 1. The van der Waals surface area contributed by atoms with Crippen molar-refractivity contribution in [3.63, 3.8) is 0 Å². The van der Waals surface area contributed by atoms with Gasteiger partial charge in [-0.1, -0.05) is 19.0 Å². The number of alkyl halides is 3. The van der Waals surface area contributed by atoms with Crippen LogP contribution >= 0.6 is 0 Å². The largest absolute Gasteiger partial charge is 0.417 e. The van der Waals surface area contributed by atoms with Gasteiger partial charge in [0.1, 0.15) is 5.82 Å². The Bertz CT molecular complexity index is 681. The summed E-state index contributed by atoms with van der Waals surface area (Å²) in [6, 6.07) is 2.48. The molecule has 1 aliphatic rings. The Morgan fingerprint density at radius 3 is 2.67 bits per heavy atom. The third-order valence-corrected chi connectivity index (χ3v) is 4.14. The number of aromatic nitrogens is 3. The van der Waals surface area contributed by atoms with Crippen LogP contribution in [0.4, 0.5) is 19.0 Å². The van der Waals surface area contributed by atoms with E-state index in [2.05, 4.69) is 15.1 Å². The average molecular weight is 340 g/mol. The molecular formula is C16H19F3N4O. The van der Waals surface area contributed by atoms with Crippen LogP contribution in [-0.4, -0.2) is 28.2 Å². The van der Waals surface area contributed by atoms with Crippen molar-refractivity contribution in [1.29, 1.82) is 0 Å². The molecule has 0 spiro atoms. The van der Waals surface area contributed by atoms with Crippen LogP contribution in [0, 0.1) is 0 Å². The summed E-state index contributed by atoms with van der Waals surface area (Å²) in [5, 5.41) is 4.05. The van der Waals surface area contributed by atoms with Crippen LogP contribution < -0.4 is 4.90 Å². The molecule has 0 bridgehead atoms. The fourth-order valence-corrected chi connectivity index (χ4v) is 2.78. The van der Waals surface area contributed by atoms with Crippen molar-refractivity contribution in [2.45, 2.75) is 44.7 Å². The molecule has 0 aliphatic carbocycles. The van der Waals surface area contributed by atoms with Crippen molar-refractivity contribution < 1.29 is 17.7 Å². The van der Waals surface area contributed by atoms with E-state index in [0.29, 0.717) is 24.1 Å². The number of hydrogen-bond donors (Lipinski definition) is 0. The Kier molecular flexibility index (Phi) is 4.47. The van der Waals surface area contributed by atoms with Crippen molar-refractivity contribution in [2.75, 3.05) is 18.0 Å². The van der Waals surface area contributed by atoms with Gasteiger partial charge in [-0.25, -0.2) is 4.98 Å². The van der Waals surface area contributed by atoms with Gasteiger partial charge in [-0.05, 0) is 25.0 Å². The van der Waals surface area contributed by atoms with Gasteiger partial charge in [-0.15, -0.1) is 0 Å². The Morgan fingerprint density at radius 1 is 1.29 bits per heavy atom. The summed E-state index contributed by atoms with van der Waals surface area (Å²) in [5.74, 6) is 2.08. The zero-order valence-electron chi connectivity index (χ0n) is 13.5. The van der Waals surface area contributed by atoms with E-state index in [0.717, 1.165) is 31.6 Å². The summed E-state index contributed by atoms with van der Waals surface area (Å²) < 4.78 is 43.1. The molecule has 0 aromatic carbocycles. The van der Waals surface area contributed by atoms with E-state index in [9.17, 15) is 13.2 Å². The average Bonchev–Trinajstić information content (AvgIpc) is 3.05. The molecule has 2 aromatic rings. The fourth-order valence-electron chi connectivity index (χ4n) is 2.78. The van der Waals surface area contributed by atoms with Crippen LogP contribution in [0.5, 0.6) is 0 Å². The van der Waals surface area contributed by atoms with E-state index < -0.39 is 11.7 Å². The molecule has 3 rings (SSSR count). The Morgan fingerprint density at radius 2 is 2.08 bits per heavy atom. The number of nitrogens with zero attached hydrogens (tertiary/aromatic N) is 4. The van der Waals surface area contributed by atoms with Crippen molar-refractivity contribution in [3.8, 4) is 0 Å². The summed E-state index contributed by atoms with van der Waals surface area (Å²) in [4.78, 5) is 10.4. The third-order valence-electron chi connectivity index (χ3n) is 4.14. The van der Waals surface area contributed by atoms with Crippen LogP contribution in [0.15, 0.2) is 22.9 Å². The maximum absolute atomic E-state index is 12.6. The minimum atomic E-state index is -4.37. The first-order chi connectivity index (χ1) is 11.3. The monoisotopic (exact) mass is 340 g/mol. The van der Waals surface area contributed by atoms with Crippen molar-refractivity contribution in [2.24, 2.45) is 0 Å². The zero-order chi connectivity index (χ0) is 17.3. The molecule has 24 heavy (non-hydrogen) atoms. The molecule has 3 heterocycles. The van der Waals surface area contributed by atoms with Gasteiger partial charge in [0.05, 0.1) is 5.56 Å². The lowest BCUT2D eigenvalue weighted by Gasteiger charge is -2.32. The Labute approximate surface area is 137 Å². The molecule has 1 aliphatic heterocycles. The lowest BCUT2D eigenvalue weighted by molar-refractivity contribution is -0.137. The van der Waals surface area contributed by atoms with Gasteiger partial charge >= 0.3 is 6.18 Å². The third kappa shape index (κ3) is 3.52. The molecule has 0 amide bonds. The van der Waals surface area contributed by atoms with Gasteiger partial charge in [0.25, 0.3) is 0 Å². The van der Waals surface area contributed by atoms with Crippen LogP contribution in [0.3, 0.4) is 0 Å². The molecule has 5 nitrogen and oxygen atoms in total. The predicted octanol–water partition coefficient (Wildman–Crippen LogP) is 3.99. The van der Waals surface area contributed by atoms with Crippen molar-refractivity contribution in [1.82, 2.24) is 15.1 Å². The summed E-state index contributed by atoms with van der Waals surface area (Å²) >= 11 is 0. The van der Waals surface area contributed by atoms with E-state index in [1.807, 2.05) is 18.7 Å². The van der Waals surface area contributed by atoms with Crippen LogP contribution in [0.25, 0.3) is 0 Å². The van der Waals surface area contributed by atoms with Gasteiger partial charge in [0.15, 0.2) is 5.82 Å². The normalized spacial score (nSPS) is 19.1. The number of pyridine rings is 1. The van der Waals surface area contributed by atoms with Crippen molar-refractivity contribution >= 4 is 5.82 Å². The van der Waals surface area contributed by atoms with Gasteiger partial charge in [-0.3, -0.25) is 0 Å². The SMILES string of the molecule is CC(C)c1nc([C@@H]2CCCN(c3ccc(C(F)(F)F)cn3)C2)no1. The molecule has 0 saturated carbocycles. The minimum Gasteiger partial charge on any atom is -0.356 e. The highest BCUT2D eigenvalue weighted by molar-refractivity contribution is 5.41. The maximum Gasteiger partial charge on any atom is 0.417 e. The fraction of sp³-hybridized carbons (Fsp3) is 0.562. The van der Waals surface area contributed by atoms with E-state index >= 15 is 0 Å². The van der Waals surface area contributed by atoms with Gasteiger partial charge < -0.3 is 9.42 Å². The Hall–Kier alpha value is -2.12. The van der Waals surface area contributed by atoms with Gasteiger partial charge in [0, 0.05) is 31.1 Å². The summed E-state index contributed by atoms with van der Waals surface area (Å²) in [5.41, 5.74) is -0.737. The molecular weight excluding hydrogens is 321 g/mol. The lowest BCUT2D eigenvalue weighted by atomic mass is 9.97. The highest BCUT2D eigenvalue weighted by atomic mass is 19.4. The summed E-state index contributed by atoms with van der Waals surface area (Å²) in [6.45, 7) is 5.34. The summed E-state index contributed by atoms with van der Waals surface area (Å²) in [6.07, 6.45) is -1.66. The first-order valence-electron chi connectivity index (χ1n) is 7.96. The van der Waals surface area contributed by atoms with Gasteiger partial charge in [-0.2, -0.15) is 18.2 Å². The van der Waals surface area contributed by atoms with E-state index in [-0.39, 0.29) is 11.8 Å². The second-order valence-electron chi connectivity index (χ2n) is 6.33. The molecule has 130 valence electrons. The molecule has 1 fully saturated rings. The lowest BCUT2D eigenvalue weighted by Crippen LogP contribution is -2.35. The number of hydrogen-bond acceptors (Lipinski definition) is 5.